The molecule has 2 aromatic rings. The first-order valence-electron chi connectivity index (χ1n) is 21.4. The van der Waals surface area contributed by atoms with Gasteiger partial charge in [-0.1, -0.05) is 97.0 Å². The van der Waals surface area contributed by atoms with E-state index in [0.29, 0.717) is 51.4 Å². The van der Waals surface area contributed by atoms with Crippen molar-refractivity contribution in [1.82, 2.24) is 0 Å². The van der Waals surface area contributed by atoms with E-state index in [9.17, 15) is 25.2 Å². The van der Waals surface area contributed by atoms with Crippen molar-refractivity contribution in [3.63, 3.8) is 0 Å². The Labute approximate surface area is 360 Å². The van der Waals surface area contributed by atoms with Crippen molar-refractivity contribution in [1.29, 1.82) is 0 Å². The maximum absolute atomic E-state index is 10.7. The number of hydrogen-bond donors (Lipinski definition) is 0. The number of rotatable bonds is 27. The quantitative estimate of drug-likeness (QED) is 0.0383. The third-order valence-corrected chi connectivity index (χ3v) is 10.3. The van der Waals surface area contributed by atoms with Crippen molar-refractivity contribution in [2.45, 2.75) is 117 Å². The topological polar surface area (TPSA) is 67.6 Å². The Kier molecular flexibility index (Phi) is 21.9. The Morgan fingerprint density at radius 1 is 0.475 bits per heavy atom. The summed E-state index contributed by atoms with van der Waals surface area (Å²) >= 11 is 0. The normalized spacial score (nSPS) is 13.8. The summed E-state index contributed by atoms with van der Waals surface area (Å²) < 4.78 is 104. The average molecular weight is 894 g/mol. The van der Waals surface area contributed by atoms with Gasteiger partial charge in [-0.2, -0.15) is 0 Å². The van der Waals surface area contributed by atoms with Crippen LogP contribution in [0, 0.1) is 0 Å². The van der Waals surface area contributed by atoms with E-state index in [1.807, 2.05) is 30.3 Å². The first kappa shape index (κ1) is 53.1. The Bertz CT molecular complexity index is 1690. The molecular formula is C46H70F6NO7P. The van der Waals surface area contributed by atoms with Crippen molar-refractivity contribution in [2.75, 3.05) is 62.9 Å². The van der Waals surface area contributed by atoms with Gasteiger partial charge in [0.2, 0.25) is 5.71 Å². The van der Waals surface area contributed by atoms with Crippen LogP contribution in [0.5, 0.6) is 28.7 Å². The van der Waals surface area contributed by atoms with Crippen molar-refractivity contribution in [2.24, 2.45) is 0 Å². The van der Waals surface area contributed by atoms with Gasteiger partial charge in [-0.15, -0.1) is 0 Å². The molecule has 3 rings (SSSR count). The SMILES string of the molecule is CCCCCCCCCC[N+](CCCCCCCCCC)=C1C=C(OC)C(=C(c2c(OC)cccc2OC)c2c(OC)cc(OC)cc2OC)C(OC)=C1.F[P-](F)(F)(F)(F)F. The van der Waals surface area contributed by atoms with Gasteiger partial charge in [-0.25, -0.2) is 4.58 Å². The van der Waals surface area contributed by atoms with Crippen LogP contribution in [0.15, 0.2) is 59.6 Å². The predicted molar refractivity (Wildman–Crippen MR) is 236 cm³/mol. The van der Waals surface area contributed by atoms with Gasteiger partial charge in [0.1, 0.15) is 53.4 Å². The van der Waals surface area contributed by atoms with Crippen LogP contribution in [0.3, 0.4) is 0 Å². The first-order chi connectivity index (χ1) is 28.9. The minimum atomic E-state index is -10.7. The first-order valence-corrected chi connectivity index (χ1v) is 23.4. The van der Waals surface area contributed by atoms with Crippen molar-refractivity contribution >= 4 is 19.1 Å². The molecule has 0 heterocycles. The standard InChI is InChI=1S/C46H70NO7.F6P/c1-10-12-14-16-18-20-22-24-29-47(30-25-23-21-19-17-15-13-11-2)35-31-39(51-6)44(40(32-35)52-7)46(43-37(49-4)27-26-28-38(43)50-5)45-41(53-8)33-36(48-3)34-42(45)54-9;1-7(2,3,4,5)6/h26-28,31-34H,10-25,29-30H2,1-9H3;/q+1;-1. The van der Waals surface area contributed by atoms with Crippen LogP contribution in [0.2, 0.25) is 0 Å². The van der Waals surface area contributed by atoms with Crippen LogP contribution in [0.4, 0.5) is 25.2 Å². The summed E-state index contributed by atoms with van der Waals surface area (Å²) in [6, 6.07) is 9.45. The van der Waals surface area contributed by atoms with Crippen molar-refractivity contribution < 1.29 is 62.9 Å². The summed E-state index contributed by atoms with van der Waals surface area (Å²) in [6.07, 6.45) is 24.9. The second kappa shape index (κ2) is 25.1. The molecule has 1 aliphatic rings. The van der Waals surface area contributed by atoms with Gasteiger partial charge in [0.15, 0.2) is 0 Å². The molecule has 0 spiro atoms. The third-order valence-electron chi connectivity index (χ3n) is 10.3. The summed E-state index contributed by atoms with van der Waals surface area (Å²) in [5.41, 5.74) is 3.93. The second-order valence-electron chi connectivity index (χ2n) is 14.9. The molecule has 0 saturated carbocycles. The summed E-state index contributed by atoms with van der Waals surface area (Å²) in [4.78, 5) is 0. The van der Waals surface area contributed by atoms with E-state index in [4.69, 9.17) is 33.2 Å². The van der Waals surface area contributed by atoms with E-state index in [-0.39, 0.29) is 0 Å². The summed E-state index contributed by atoms with van der Waals surface area (Å²) in [6.45, 7) is 6.51. The molecule has 1 aliphatic carbocycles. The fraction of sp³-hybridized carbons (Fsp3) is 0.587. The van der Waals surface area contributed by atoms with Gasteiger partial charge >= 0.3 is 33.0 Å². The monoisotopic (exact) mass is 893 g/mol. The maximum atomic E-state index is 9.87. The van der Waals surface area contributed by atoms with E-state index < -0.39 is 7.81 Å². The number of unbranched alkanes of at least 4 members (excludes halogenated alkanes) is 14. The van der Waals surface area contributed by atoms with Gasteiger partial charge in [-0.3, -0.25) is 0 Å². The van der Waals surface area contributed by atoms with E-state index in [1.54, 1.807) is 49.8 Å². The molecule has 0 fully saturated rings. The fourth-order valence-electron chi connectivity index (χ4n) is 7.29. The zero-order valence-electron chi connectivity index (χ0n) is 37.8. The zero-order valence-corrected chi connectivity index (χ0v) is 38.7. The molecule has 8 nitrogen and oxygen atoms in total. The van der Waals surface area contributed by atoms with Gasteiger partial charge in [0.25, 0.3) is 0 Å². The Morgan fingerprint density at radius 3 is 1.15 bits per heavy atom. The molecule has 0 aliphatic heterocycles. The van der Waals surface area contributed by atoms with E-state index >= 15 is 0 Å². The van der Waals surface area contributed by atoms with Crippen molar-refractivity contribution in [3.8, 4) is 28.7 Å². The molecular weight excluding hydrogens is 823 g/mol. The van der Waals surface area contributed by atoms with Crippen LogP contribution in [-0.4, -0.2) is 73.1 Å². The Hall–Kier alpha value is -4.06. The fourth-order valence-corrected chi connectivity index (χ4v) is 7.29. The average Bonchev–Trinajstić information content (AvgIpc) is 3.23. The van der Waals surface area contributed by atoms with Crippen LogP contribution < -0.4 is 23.7 Å². The number of halogens is 6. The zero-order chi connectivity index (χ0) is 45.5. The molecule has 0 amide bonds. The van der Waals surface area contributed by atoms with E-state index in [0.717, 1.165) is 42.8 Å². The van der Waals surface area contributed by atoms with Crippen LogP contribution >= 0.6 is 7.81 Å². The Morgan fingerprint density at radius 2 is 0.820 bits per heavy atom. The molecule has 0 N–H and O–H groups in total. The number of methoxy groups -OCH3 is 7. The molecule has 0 atom stereocenters. The number of hydrogen-bond acceptors (Lipinski definition) is 7. The molecule has 61 heavy (non-hydrogen) atoms. The molecule has 2 aromatic carbocycles. The number of nitrogens with zero attached hydrogens (tertiary/aromatic N) is 1. The molecule has 0 radical (unpaired) electrons. The molecule has 0 bridgehead atoms. The summed E-state index contributed by atoms with van der Waals surface area (Å²) in [5.74, 6) is 4.24. The van der Waals surface area contributed by atoms with Gasteiger partial charge in [0, 0.05) is 30.5 Å². The van der Waals surface area contributed by atoms with Crippen LogP contribution in [-0.2, 0) is 9.47 Å². The van der Waals surface area contributed by atoms with Gasteiger partial charge < -0.3 is 33.2 Å². The molecule has 0 unspecified atom stereocenters. The number of benzene rings is 2. The van der Waals surface area contributed by atoms with E-state index in [1.165, 1.54) is 89.9 Å². The molecule has 15 heteroatoms. The summed E-state index contributed by atoms with van der Waals surface area (Å²) in [7, 11) is 0.983. The number of ether oxygens (including phenoxy) is 7. The van der Waals surface area contributed by atoms with Gasteiger partial charge in [0.05, 0.1) is 78.6 Å². The van der Waals surface area contributed by atoms with Gasteiger partial charge in [-0.05, 0) is 25.0 Å². The van der Waals surface area contributed by atoms with E-state index in [2.05, 4.69) is 30.6 Å². The van der Waals surface area contributed by atoms with Crippen LogP contribution in [0.1, 0.15) is 128 Å². The second-order valence-corrected chi connectivity index (χ2v) is 16.9. The number of allylic oxidation sites excluding steroid dienone is 2. The van der Waals surface area contributed by atoms with Crippen molar-refractivity contribution in [3.05, 3.63) is 70.7 Å². The third kappa shape index (κ3) is 19.3. The molecule has 0 aromatic heterocycles. The Balaban J connectivity index is 0.00000168. The summed E-state index contributed by atoms with van der Waals surface area (Å²) in [5, 5.41) is 0. The molecule has 348 valence electrons. The van der Waals surface area contributed by atoms with Crippen LogP contribution in [0.25, 0.3) is 5.57 Å². The minimum absolute atomic E-state index is 0.549. The molecule has 0 saturated heterocycles. The predicted octanol–water partition coefficient (Wildman–Crippen LogP) is 14.7.